The Morgan fingerprint density at radius 1 is 1.86 bits per heavy atom. The van der Waals surface area contributed by atoms with Crippen molar-refractivity contribution in [1.29, 1.82) is 5.26 Å². The quantitative estimate of drug-likeness (QED) is 0.390. The molecule has 0 aromatic heterocycles. The maximum atomic E-state index is 8.05. The lowest BCUT2D eigenvalue weighted by Crippen LogP contribution is -1.49. The minimum absolute atomic E-state index is 0.440. The van der Waals surface area contributed by atoms with Crippen LogP contribution >= 0.6 is 15.9 Å². The lowest BCUT2D eigenvalue weighted by atomic mass is 10.6. The summed E-state index contributed by atoms with van der Waals surface area (Å²) in [5, 5.41) is 8.05. The molecule has 0 atom stereocenters. The van der Waals surface area contributed by atoms with E-state index in [2.05, 4.69) is 21.7 Å². The van der Waals surface area contributed by atoms with E-state index in [0.717, 1.165) is 0 Å². The maximum absolute atomic E-state index is 8.05. The fourth-order valence-electron chi connectivity index (χ4n) is 0.159. The molecule has 0 saturated heterocycles. The zero-order valence-electron chi connectivity index (χ0n) is 3.90. The van der Waals surface area contributed by atoms with E-state index in [1.807, 2.05) is 6.07 Å². The van der Waals surface area contributed by atoms with E-state index in [0.29, 0.717) is 4.48 Å². The highest BCUT2D eigenvalue weighted by atomic mass is 79.9. The molecule has 36 valence electrons. The Morgan fingerprint density at radius 3 is 2.57 bits per heavy atom. The number of hydrogen-bond donors (Lipinski definition) is 0. The number of rotatable bonds is 0. The molecule has 0 fully saturated rings. The molecule has 0 aliphatic heterocycles. The second-order valence-corrected chi connectivity index (χ2v) is 1.65. The minimum Gasteiger partial charge on any atom is -0.191 e. The van der Waals surface area contributed by atoms with Crippen molar-refractivity contribution in [3.05, 3.63) is 16.3 Å². The SMILES string of the molecule is CC=C=C(Br)C#N. The predicted octanol–water partition coefficient (Wildman–Crippen LogP) is 1.96. The third kappa shape index (κ3) is 3.32. The van der Waals surface area contributed by atoms with Crippen LogP contribution in [-0.4, -0.2) is 0 Å². The van der Waals surface area contributed by atoms with Crippen molar-refractivity contribution >= 4 is 15.9 Å². The molecule has 0 N–H and O–H groups in total. The van der Waals surface area contributed by atoms with E-state index in [-0.39, 0.29) is 0 Å². The summed E-state index contributed by atoms with van der Waals surface area (Å²) in [7, 11) is 0. The first kappa shape index (κ1) is 6.49. The Morgan fingerprint density at radius 2 is 2.43 bits per heavy atom. The topological polar surface area (TPSA) is 23.8 Å². The van der Waals surface area contributed by atoms with Crippen molar-refractivity contribution in [1.82, 2.24) is 0 Å². The number of nitriles is 1. The monoisotopic (exact) mass is 157 g/mol. The van der Waals surface area contributed by atoms with Crippen molar-refractivity contribution < 1.29 is 0 Å². The summed E-state index contributed by atoms with van der Waals surface area (Å²) in [5.74, 6) is 0. The predicted molar refractivity (Wildman–Crippen MR) is 31.8 cm³/mol. The van der Waals surface area contributed by atoms with Gasteiger partial charge in [-0.2, -0.15) is 5.26 Å². The highest BCUT2D eigenvalue weighted by Gasteiger charge is 1.74. The molecule has 0 radical (unpaired) electrons. The molecule has 0 heterocycles. The third-order valence-electron chi connectivity index (χ3n) is 0.369. The van der Waals surface area contributed by atoms with Gasteiger partial charge in [-0.1, -0.05) is 5.73 Å². The van der Waals surface area contributed by atoms with E-state index < -0.39 is 0 Å². The van der Waals surface area contributed by atoms with Crippen molar-refractivity contribution in [3.8, 4) is 6.07 Å². The molecule has 0 saturated carbocycles. The molecular formula is C5H4BrN. The zero-order chi connectivity index (χ0) is 5.70. The Hall–Kier alpha value is -0.510. The van der Waals surface area contributed by atoms with E-state index in [9.17, 15) is 0 Å². The minimum atomic E-state index is 0.440. The van der Waals surface area contributed by atoms with Crippen molar-refractivity contribution in [2.45, 2.75) is 6.92 Å². The van der Waals surface area contributed by atoms with Crippen molar-refractivity contribution in [3.63, 3.8) is 0 Å². The molecule has 0 aliphatic carbocycles. The molecular weight excluding hydrogens is 154 g/mol. The van der Waals surface area contributed by atoms with Gasteiger partial charge in [-0.15, -0.1) is 0 Å². The first-order valence-corrected chi connectivity index (χ1v) is 2.57. The Balaban J connectivity index is 4.10. The largest absolute Gasteiger partial charge is 0.191 e. The van der Waals surface area contributed by atoms with E-state index in [4.69, 9.17) is 5.26 Å². The van der Waals surface area contributed by atoms with Gasteiger partial charge >= 0.3 is 0 Å². The average molecular weight is 158 g/mol. The van der Waals surface area contributed by atoms with E-state index in [1.54, 1.807) is 13.0 Å². The number of halogens is 1. The highest BCUT2D eigenvalue weighted by molar-refractivity contribution is 9.12. The highest BCUT2D eigenvalue weighted by Crippen LogP contribution is 1.97. The van der Waals surface area contributed by atoms with E-state index >= 15 is 0 Å². The molecule has 0 spiro atoms. The molecule has 0 aromatic rings. The molecule has 1 nitrogen and oxygen atoms in total. The van der Waals surface area contributed by atoms with Crippen LogP contribution in [0.25, 0.3) is 0 Å². The van der Waals surface area contributed by atoms with Gasteiger partial charge in [-0.05, 0) is 28.9 Å². The molecule has 7 heavy (non-hydrogen) atoms. The van der Waals surface area contributed by atoms with E-state index in [1.165, 1.54) is 0 Å². The van der Waals surface area contributed by atoms with Crippen LogP contribution in [0.5, 0.6) is 0 Å². The van der Waals surface area contributed by atoms with Gasteiger partial charge in [0.25, 0.3) is 0 Å². The van der Waals surface area contributed by atoms with Crippen LogP contribution in [0.1, 0.15) is 6.92 Å². The van der Waals surface area contributed by atoms with Gasteiger partial charge < -0.3 is 0 Å². The van der Waals surface area contributed by atoms with Gasteiger partial charge in [0.2, 0.25) is 0 Å². The summed E-state index contributed by atoms with van der Waals surface area (Å²) in [6, 6.07) is 1.86. The molecule has 0 unspecified atom stereocenters. The second kappa shape index (κ2) is 3.67. The van der Waals surface area contributed by atoms with Crippen LogP contribution in [-0.2, 0) is 0 Å². The summed E-state index contributed by atoms with van der Waals surface area (Å²) in [5.41, 5.74) is 2.64. The van der Waals surface area contributed by atoms with Crippen LogP contribution in [0.4, 0.5) is 0 Å². The summed E-state index contributed by atoms with van der Waals surface area (Å²) >= 11 is 2.95. The third-order valence-corrected chi connectivity index (χ3v) is 0.775. The Bertz CT molecular complexity index is 146. The first-order valence-electron chi connectivity index (χ1n) is 1.78. The fourth-order valence-corrected chi connectivity index (χ4v) is 0.388. The average Bonchev–Trinajstić information content (AvgIpc) is 1.68. The van der Waals surface area contributed by atoms with Gasteiger partial charge in [0.15, 0.2) is 0 Å². The van der Waals surface area contributed by atoms with Crippen LogP contribution < -0.4 is 0 Å². The molecule has 0 aromatic carbocycles. The maximum Gasteiger partial charge on any atom is 0.136 e. The zero-order valence-corrected chi connectivity index (χ0v) is 5.49. The Labute approximate surface area is 51.1 Å². The number of allylic oxidation sites excluding steroid dienone is 1. The lowest BCUT2D eigenvalue weighted by Gasteiger charge is -1.63. The van der Waals surface area contributed by atoms with Crippen LogP contribution in [0.15, 0.2) is 16.3 Å². The standard InChI is InChI=1S/C5H4BrN/c1-2-3-5(6)4-7/h2H,1H3. The van der Waals surface area contributed by atoms with Gasteiger partial charge in [0.1, 0.15) is 10.6 Å². The van der Waals surface area contributed by atoms with Crippen LogP contribution in [0, 0.1) is 11.3 Å². The van der Waals surface area contributed by atoms with Crippen LogP contribution in [0.2, 0.25) is 0 Å². The van der Waals surface area contributed by atoms with Gasteiger partial charge in [0, 0.05) is 0 Å². The number of hydrogen-bond acceptors (Lipinski definition) is 1. The fraction of sp³-hybridized carbons (Fsp3) is 0.200. The lowest BCUT2D eigenvalue weighted by molar-refractivity contribution is 1.53. The second-order valence-electron chi connectivity index (χ2n) is 0.859. The van der Waals surface area contributed by atoms with Gasteiger partial charge in [-0.25, -0.2) is 0 Å². The number of nitrogens with zero attached hydrogens (tertiary/aromatic N) is 1. The summed E-state index contributed by atoms with van der Waals surface area (Å²) < 4.78 is 0.440. The van der Waals surface area contributed by atoms with Gasteiger partial charge in [-0.3, -0.25) is 0 Å². The molecule has 0 aliphatic rings. The molecule has 0 amide bonds. The summed E-state index contributed by atoms with van der Waals surface area (Å²) in [4.78, 5) is 0. The van der Waals surface area contributed by atoms with Crippen LogP contribution in [0.3, 0.4) is 0 Å². The normalized spacial score (nSPS) is 5.86. The summed E-state index contributed by atoms with van der Waals surface area (Å²) in [6.45, 7) is 1.80. The summed E-state index contributed by atoms with van der Waals surface area (Å²) in [6.07, 6.45) is 1.67. The van der Waals surface area contributed by atoms with Gasteiger partial charge in [0.05, 0.1) is 0 Å². The smallest absolute Gasteiger partial charge is 0.136 e. The van der Waals surface area contributed by atoms with Crippen molar-refractivity contribution in [2.75, 3.05) is 0 Å². The molecule has 0 rings (SSSR count). The first-order chi connectivity index (χ1) is 3.31. The molecule has 0 bridgehead atoms. The Kier molecular flexibility index (Phi) is 3.40. The molecule has 2 heteroatoms. The van der Waals surface area contributed by atoms with Crippen molar-refractivity contribution in [2.24, 2.45) is 0 Å².